The standard InChI is InChI=1S/C15H24N2O2S/c1-2-16-8-11-17(12-9-16,13-10-16)14-20(18,19)15-6-4-3-5-7-15/h3-7H,2,8-14H2,1H3/q+2. The maximum absolute atomic E-state index is 12.6. The fraction of sp³-hybridized carbons (Fsp3) is 0.600. The van der Waals surface area contributed by atoms with Crippen molar-refractivity contribution in [1.29, 1.82) is 0 Å². The molecule has 0 spiro atoms. The average molecular weight is 296 g/mol. The van der Waals surface area contributed by atoms with Gasteiger partial charge in [-0.15, -0.1) is 0 Å². The van der Waals surface area contributed by atoms with Crippen molar-refractivity contribution >= 4 is 9.84 Å². The number of sulfone groups is 1. The lowest BCUT2D eigenvalue weighted by molar-refractivity contribution is -1.08. The van der Waals surface area contributed by atoms with Crippen molar-refractivity contribution in [1.82, 2.24) is 0 Å². The number of quaternary nitrogens is 2. The summed E-state index contributed by atoms with van der Waals surface area (Å²) in [5.74, 6) is 0.278. The molecule has 4 rings (SSSR count). The highest BCUT2D eigenvalue weighted by Crippen LogP contribution is 2.28. The molecule has 0 atom stereocenters. The van der Waals surface area contributed by atoms with Gasteiger partial charge in [-0.25, -0.2) is 8.42 Å². The Balaban J connectivity index is 1.79. The molecular weight excluding hydrogens is 272 g/mol. The molecule has 0 unspecified atom stereocenters. The Hall–Kier alpha value is -0.910. The lowest BCUT2D eigenvalue weighted by atomic mass is 10.1. The summed E-state index contributed by atoms with van der Waals surface area (Å²) in [4.78, 5) is 0.472. The van der Waals surface area contributed by atoms with Crippen LogP contribution in [0.15, 0.2) is 35.2 Å². The fourth-order valence-corrected chi connectivity index (χ4v) is 5.50. The molecule has 110 valence electrons. The van der Waals surface area contributed by atoms with Gasteiger partial charge in [-0.2, -0.15) is 0 Å². The first kappa shape index (κ1) is 14.0. The van der Waals surface area contributed by atoms with Gasteiger partial charge >= 0.3 is 0 Å². The van der Waals surface area contributed by atoms with Crippen LogP contribution in [0.3, 0.4) is 0 Å². The van der Waals surface area contributed by atoms with Crippen LogP contribution < -0.4 is 0 Å². The van der Waals surface area contributed by atoms with Gasteiger partial charge in [-0.1, -0.05) is 18.2 Å². The highest BCUT2D eigenvalue weighted by Gasteiger charge is 2.49. The summed E-state index contributed by atoms with van der Waals surface area (Å²) in [7, 11) is -3.17. The summed E-state index contributed by atoms with van der Waals surface area (Å²) in [5.41, 5.74) is 0. The number of piperazine rings is 3. The molecule has 0 aliphatic carbocycles. The molecule has 3 aliphatic rings. The van der Waals surface area contributed by atoms with Gasteiger partial charge in [-0.3, -0.25) is 4.48 Å². The fourth-order valence-electron chi connectivity index (χ4n) is 3.67. The summed E-state index contributed by atoms with van der Waals surface area (Å²) >= 11 is 0. The minimum atomic E-state index is -3.17. The Labute approximate surface area is 121 Å². The SMILES string of the molecule is CC[N+]12CC[N+](CS(=O)(=O)c3ccccc3)(CC1)CC2. The van der Waals surface area contributed by atoms with Gasteiger partial charge in [0.25, 0.3) is 0 Å². The van der Waals surface area contributed by atoms with Crippen molar-refractivity contribution in [3.05, 3.63) is 30.3 Å². The zero-order chi connectivity index (χ0) is 14.3. The highest BCUT2D eigenvalue weighted by atomic mass is 32.2. The summed E-state index contributed by atoms with van der Waals surface area (Å²) in [6, 6.07) is 8.90. The molecule has 3 aliphatic heterocycles. The number of fused-ring (bicyclic) bond motifs is 3. The van der Waals surface area contributed by atoms with E-state index in [0.717, 1.165) is 43.8 Å². The Morgan fingerprint density at radius 3 is 1.90 bits per heavy atom. The molecule has 1 aromatic rings. The van der Waals surface area contributed by atoms with Gasteiger partial charge in [0.05, 0.1) is 11.4 Å². The van der Waals surface area contributed by atoms with Crippen molar-refractivity contribution in [3.8, 4) is 0 Å². The predicted molar refractivity (Wildman–Crippen MR) is 78.8 cm³/mol. The molecule has 3 fully saturated rings. The van der Waals surface area contributed by atoms with E-state index in [9.17, 15) is 8.42 Å². The van der Waals surface area contributed by atoms with Gasteiger partial charge in [0.1, 0.15) is 39.3 Å². The zero-order valence-electron chi connectivity index (χ0n) is 12.2. The van der Waals surface area contributed by atoms with Crippen molar-refractivity contribution in [3.63, 3.8) is 0 Å². The van der Waals surface area contributed by atoms with Crippen LogP contribution in [0.4, 0.5) is 0 Å². The highest BCUT2D eigenvalue weighted by molar-refractivity contribution is 7.91. The van der Waals surface area contributed by atoms with Crippen LogP contribution in [0.2, 0.25) is 0 Å². The first-order chi connectivity index (χ1) is 9.49. The number of likely N-dealkylation sites (N-methyl/N-ethyl adjacent to an activating group) is 1. The topological polar surface area (TPSA) is 34.1 Å². The number of nitrogens with zero attached hydrogens (tertiary/aromatic N) is 2. The quantitative estimate of drug-likeness (QED) is 0.780. The molecule has 2 bridgehead atoms. The van der Waals surface area contributed by atoms with Gasteiger partial charge < -0.3 is 4.48 Å². The third-order valence-corrected chi connectivity index (χ3v) is 7.24. The molecule has 3 heterocycles. The van der Waals surface area contributed by atoms with E-state index in [1.54, 1.807) is 24.3 Å². The molecule has 5 heteroatoms. The number of benzene rings is 1. The van der Waals surface area contributed by atoms with Crippen molar-refractivity contribution < 1.29 is 17.4 Å². The zero-order valence-corrected chi connectivity index (χ0v) is 13.0. The van der Waals surface area contributed by atoms with E-state index in [4.69, 9.17) is 0 Å². The van der Waals surface area contributed by atoms with Crippen molar-refractivity contribution in [2.75, 3.05) is 51.7 Å². The van der Waals surface area contributed by atoms with Crippen LogP contribution in [0.5, 0.6) is 0 Å². The average Bonchev–Trinajstić information content (AvgIpc) is 2.49. The second-order valence-corrected chi connectivity index (χ2v) is 8.36. The van der Waals surface area contributed by atoms with Crippen LogP contribution in [-0.4, -0.2) is 69.1 Å². The Bertz CT molecular complexity index is 559. The van der Waals surface area contributed by atoms with Crippen molar-refractivity contribution in [2.45, 2.75) is 11.8 Å². The maximum atomic E-state index is 12.6. The molecule has 0 aromatic heterocycles. The van der Waals surface area contributed by atoms with E-state index < -0.39 is 9.84 Å². The Morgan fingerprint density at radius 2 is 1.40 bits per heavy atom. The lowest BCUT2D eigenvalue weighted by Crippen LogP contribution is -2.75. The summed E-state index contributed by atoms with van der Waals surface area (Å²) < 4.78 is 27.2. The second kappa shape index (κ2) is 4.83. The summed E-state index contributed by atoms with van der Waals surface area (Å²) in [5, 5.41) is 0. The normalized spacial score (nSPS) is 33.2. The van der Waals surface area contributed by atoms with E-state index in [0.29, 0.717) is 4.90 Å². The van der Waals surface area contributed by atoms with Crippen molar-refractivity contribution in [2.24, 2.45) is 0 Å². The molecule has 20 heavy (non-hydrogen) atoms. The summed E-state index contributed by atoms with van der Waals surface area (Å²) in [6.07, 6.45) is 0. The second-order valence-electron chi connectivity index (χ2n) is 6.40. The van der Waals surface area contributed by atoms with Crippen LogP contribution >= 0.6 is 0 Å². The first-order valence-corrected chi connectivity index (χ1v) is 9.13. The van der Waals surface area contributed by atoms with E-state index in [1.807, 2.05) is 6.07 Å². The molecule has 0 amide bonds. The third-order valence-electron chi connectivity index (χ3n) is 5.36. The summed E-state index contributed by atoms with van der Waals surface area (Å²) in [6.45, 7) is 9.90. The largest absolute Gasteiger partial charge is 0.310 e. The number of rotatable bonds is 4. The van der Waals surface area contributed by atoms with E-state index >= 15 is 0 Å². The molecule has 1 aromatic carbocycles. The van der Waals surface area contributed by atoms with E-state index in [-0.39, 0.29) is 5.88 Å². The van der Waals surface area contributed by atoms with Gasteiger partial charge in [0.15, 0.2) is 5.88 Å². The molecule has 0 radical (unpaired) electrons. The predicted octanol–water partition coefficient (Wildman–Crippen LogP) is 1.10. The van der Waals surface area contributed by atoms with Crippen LogP contribution in [-0.2, 0) is 9.84 Å². The number of hydrogen-bond donors (Lipinski definition) is 0. The third kappa shape index (κ3) is 2.38. The Kier molecular flexibility index (Phi) is 3.39. The van der Waals surface area contributed by atoms with Gasteiger partial charge in [0, 0.05) is 0 Å². The van der Waals surface area contributed by atoms with Gasteiger partial charge in [-0.05, 0) is 19.1 Å². The molecule has 4 nitrogen and oxygen atoms in total. The van der Waals surface area contributed by atoms with Crippen LogP contribution in [0, 0.1) is 0 Å². The minimum absolute atomic E-state index is 0.278. The van der Waals surface area contributed by atoms with Crippen LogP contribution in [0.1, 0.15) is 6.92 Å². The first-order valence-electron chi connectivity index (χ1n) is 7.47. The molecular formula is C15H24N2O2S+2. The Morgan fingerprint density at radius 1 is 0.900 bits per heavy atom. The molecule has 0 saturated carbocycles. The minimum Gasteiger partial charge on any atom is -0.310 e. The van der Waals surface area contributed by atoms with Gasteiger partial charge in [0.2, 0.25) is 9.84 Å². The molecule has 0 N–H and O–H groups in total. The monoisotopic (exact) mass is 296 g/mol. The van der Waals surface area contributed by atoms with Crippen LogP contribution in [0.25, 0.3) is 0 Å². The van der Waals surface area contributed by atoms with E-state index in [2.05, 4.69) is 6.92 Å². The smallest absolute Gasteiger partial charge is 0.228 e. The molecule has 3 saturated heterocycles. The lowest BCUT2D eigenvalue weighted by Gasteiger charge is -2.54. The number of hydrogen-bond acceptors (Lipinski definition) is 2. The maximum Gasteiger partial charge on any atom is 0.228 e. The van der Waals surface area contributed by atoms with E-state index in [1.165, 1.54) is 11.0 Å².